The van der Waals surface area contributed by atoms with Gasteiger partial charge in [-0.05, 0) is 17.7 Å². The lowest BCUT2D eigenvalue weighted by atomic mass is 10.1. The van der Waals surface area contributed by atoms with Crippen molar-refractivity contribution in [2.45, 2.75) is 26.2 Å². The van der Waals surface area contributed by atoms with Gasteiger partial charge in [-0.15, -0.1) is 11.3 Å². The number of ether oxygens (including phenoxy) is 2. The molecule has 3 aromatic rings. The van der Waals surface area contributed by atoms with E-state index in [2.05, 4.69) is 19.8 Å². The Labute approximate surface area is 173 Å². The monoisotopic (exact) mass is 440 g/mol. The van der Waals surface area contributed by atoms with Gasteiger partial charge < -0.3 is 14.8 Å². The minimum atomic E-state index is -3.16. The molecule has 0 radical (unpaired) electrons. The van der Waals surface area contributed by atoms with Gasteiger partial charge in [0.1, 0.15) is 16.5 Å². The molecule has 10 heteroatoms. The molecule has 0 bridgehead atoms. The van der Waals surface area contributed by atoms with Gasteiger partial charge in [0.15, 0.2) is 0 Å². The number of hydrogen-bond donors (Lipinski definition) is 1. The minimum Gasteiger partial charge on any atom is -0.435 e. The summed E-state index contributed by atoms with van der Waals surface area (Å²) in [6, 6.07) is 12.8. The zero-order valence-corrected chi connectivity index (χ0v) is 16.2. The average molecular weight is 440 g/mol. The van der Waals surface area contributed by atoms with E-state index in [9.17, 15) is 22.4 Å². The molecular weight excluding hydrogens is 424 g/mol. The number of thiazole rings is 1. The molecule has 0 saturated carbocycles. The first-order valence-corrected chi connectivity index (χ1v) is 9.57. The molecule has 158 valence electrons. The van der Waals surface area contributed by atoms with Crippen molar-refractivity contribution >= 4 is 17.2 Å². The van der Waals surface area contributed by atoms with Crippen LogP contribution in [0, 0.1) is 0 Å². The maximum atomic E-state index is 12.7. The van der Waals surface area contributed by atoms with Gasteiger partial charge >= 0.3 is 13.2 Å². The van der Waals surface area contributed by atoms with Crippen LogP contribution < -0.4 is 14.8 Å². The van der Waals surface area contributed by atoms with Gasteiger partial charge in [-0.2, -0.15) is 17.6 Å². The molecule has 0 unspecified atom stereocenters. The maximum Gasteiger partial charge on any atom is 0.387 e. The largest absolute Gasteiger partial charge is 0.435 e. The molecule has 0 fully saturated rings. The zero-order chi connectivity index (χ0) is 21.5. The molecule has 1 N–H and O–H groups in total. The Morgan fingerprint density at radius 3 is 2.47 bits per heavy atom. The van der Waals surface area contributed by atoms with Crippen molar-refractivity contribution in [1.82, 2.24) is 10.3 Å². The van der Waals surface area contributed by atoms with E-state index >= 15 is 0 Å². The Kier molecular flexibility index (Phi) is 7.23. The van der Waals surface area contributed by atoms with Crippen LogP contribution >= 0.6 is 11.3 Å². The first kappa shape index (κ1) is 21.6. The van der Waals surface area contributed by atoms with Gasteiger partial charge in [0.05, 0.1) is 12.1 Å². The highest BCUT2D eigenvalue weighted by atomic mass is 32.1. The predicted octanol–water partition coefficient (Wildman–Crippen LogP) is 4.87. The summed E-state index contributed by atoms with van der Waals surface area (Å²) in [5.74, 6) is -0.918. The number of carbonyl (C=O) groups is 1. The van der Waals surface area contributed by atoms with Crippen molar-refractivity contribution in [2.75, 3.05) is 0 Å². The summed E-state index contributed by atoms with van der Waals surface area (Å²) in [6.07, 6.45) is 0.00904. The lowest BCUT2D eigenvalue weighted by Crippen LogP contribution is -2.24. The number of carbonyl (C=O) groups excluding carboxylic acids is 1. The highest BCUT2D eigenvalue weighted by Crippen LogP contribution is 2.35. The summed E-state index contributed by atoms with van der Waals surface area (Å²) < 4.78 is 58.9. The van der Waals surface area contributed by atoms with Crippen LogP contribution in [0.2, 0.25) is 0 Å². The predicted molar refractivity (Wildman–Crippen MR) is 103 cm³/mol. The number of alkyl halides is 4. The number of halogens is 4. The summed E-state index contributed by atoms with van der Waals surface area (Å²) in [5, 5.41) is 4.81. The van der Waals surface area contributed by atoms with Crippen LogP contribution in [-0.2, 0) is 17.8 Å². The Hall–Kier alpha value is -3.14. The summed E-state index contributed by atoms with van der Waals surface area (Å²) >= 11 is 1.17. The molecular formula is C20H16F4N2O3S. The molecule has 2 aromatic carbocycles. The fraction of sp³-hybridized carbons (Fsp3) is 0.200. The fourth-order valence-corrected chi connectivity index (χ4v) is 3.39. The molecule has 5 nitrogen and oxygen atoms in total. The van der Waals surface area contributed by atoms with Crippen LogP contribution in [0.4, 0.5) is 17.6 Å². The fourth-order valence-electron chi connectivity index (χ4n) is 2.60. The number of nitrogens with one attached hydrogen (secondary N) is 1. The van der Waals surface area contributed by atoms with Gasteiger partial charge in [-0.3, -0.25) is 4.79 Å². The smallest absolute Gasteiger partial charge is 0.387 e. The molecule has 0 aliphatic carbocycles. The average Bonchev–Trinajstić information content (AvgIpc) is 3.14. The quantitative estimate of drug-likeness (QED) is 0.482. The van der Waals surface area contributed by atoms with E-state index in [1.165, 1.54) is 23.5 Å². The molecule has 1 aromatic heterocycles. The van der Waals surface area contributed by atoms with E-state index in [0.29, 0.717) is 11.6 Å². The molecule has 1 heterocycles. The number of aromatic nitrogens is 1. The molecule has 0 aliphatic rings. The number of amides is 1. The first-order valence-electron chi connectivity index (χ1n) is 8.70. The van der Waals surface area contributed by atoms with Gasteiger partial charge in [0.2, 0.25) is 5.91 Å². The van der Waals surface area contributed by atoms with E-state index in [1.807, 2.05) is 30.3 Å². The Morgan fingerprint density at radius 1 is 1.03 bits per heavy atom. The summed E-state index contributed by atoms with van der Waals surface area (Å²) in [6.45, 7) is -5.89. The van der Waals surface area contributed by atoms with Gasteiger partial charge in [-0.25, -0.2) is 4.98 Å². The lowest BCUT2D eigenvalue weighted by molar-refractivity contribution is -0.120. The van der Waals surface area contributed by atoms with Crippen molar-refractivity contribution in [1.29, 1.82) is 0 Å². The standard InChI is InChI=1S/C20H16F4N2O3S/c21-19(22)28-13-6-7-14(16(8-13)29-20(23)24)15-11-30-18(26-15)9-17(27)25-10-12-4-2-1-3-5-12/h1-8,11,19-20H,9-10H2,(H,25,27). The normalized spacial score (nSPS) is 11.0. The van der Waals surface area contributed by atoms with E-state index in [0.717, 1.165) is 11.6 Å². The van der Waals surface area contributed by atoms with E-state index in [-0.39, 0.29) is 35.1 Å². The highest BCUT2D eigenvalue weighted by Gasteiger charge is 2.17. The second-order valence-electron chi connectivity index (χ2n) is 5.98. The maximum absolute atomic E-state index is 12.7. The second kappa shape index (κ2) is 10.1. The minimum absolute atomic E-state index is 0.00904. The van der Waals surface area contributed by atoms with Gasteiger partial charge in [0.25, 0.3) is 0 Å². The van der Waals surface area contributed by atoms with Crippen LogP contribution in [-0.4, -0.2) is 24.1 Å². The van der Waals surface area contributed by atoms with Gasteiger partial charge in [0, 0.05) is 23.6 Å². The van der Waals surface area contributed by atoms with Crippen molar-refractivity contribution in [3.8, 4) is 22.8 Å². The second-order valence-corrected chi connectivity index (χ2v) is 6.92. The third-order valence-electron chi connectivity index (χ3n) is 3.87. The first-order chi connectivity index (χ1) is 14.4. The van der Waals surface area contributed by atoms with Crippen molar-refractivity contribution in [2.24, 2.45) is 0 Å². The van der Waals surface area contributed by atoms with Crippen LogP contribution in [0.25, 0.3) is 11.3 Å². The third kappa shape index (κ3) is 6.18. The van der Waals surface area contributed by atoms with Crippen LogP contribution in [0.15, 0.2) is 53.9 Å². The summed E-state index contributed by atoms with van der Waals surface area (Å²) in [4.78, 5) is 16.4. The lowest BCUT2D eigenvalue weighted by Gasteiger charge is -2.12. The molecule has 0 aliphatic heterocycles. The molecule has 1 amide bonds. The topological polar surface area (TPSA) is 60.5 Å². The third-order valence-corrected chi connectivity index (χ3v) is 4.72. The molecule has 0 atom stereocenters. The molecule has 0 spiro atoms. The molecule has 30 heavy (non-hydrogen) atoms. The van der Waals surface area contributed by atoms with Crippen molar-refractivity contribution < 1.29 is 31.8 Å². The Morgan fingerprint density at radius 2 is 1.77 bits per heavy atom. The molecule has 0 saturated heterocycles. The van der Waals surface area contributed by atoms with E-state index in [4.69, 9.17) is 0 Å². The summed E-state index contributed by atoms with van der Waals surface area (Å²) in [5.41, 5.74) is 1.40. The zero-order valence-electron chi connectivity index (χ0n) is 15.4. The number of nitrogens with zero attached hydrogens (tertiary/aromatic N) is 1. The number of hydrogen-bond acceptors (Lipinski definition) is 5. The SMILES string of the molecule is O=C(Cc1nc(-c2ccc(OC(F)F)cc2OC(F)F)cs1)NCc1ccccc1. The Balaban J connectivity index is 1.70. The number of rotatable bonds is 9. The van der Waals surface area contributed by atoms with E-state index in [1.54, 1.807) is 5.38 Å². The summed E-state index contributed by atoms with van der Waals surface area (Å²) in [7, 11) is 0. The van der Waals surface area contributed by atoms with Crippen LogP contribution in [0.5, 0.6) is 11.5 Å². The van der Waals surface area contributed by atoms with E-state index < -0.39 is 13.2 Å². The van der Waals surface area contributed by atoms with Crippen molar-refractivity contribution in [3.05, 3.63) is 64.5 Å². The number of benzene rings is 2. The highest BCUT2D eigenvalue weighted by molar-refractivity contribution is 7.10. The van der Waals surface area contributed by atoms with Gasteiger partial charge in [-0.1, -0.05) is 30.3 Å². The Bertz CT molecular complexity index is 983. The van der Waals surface area contributed by atoms with Crippen LogP contribution in [0.3, 0.4) is 0 Å². The van der Waals surface area contributed by atoms with Crippen molar-refractivity contribution in [3.63, 3.8) is 0 Å². The van der Waals surface area contributed by atoms with Crippen LogP contribution in [0.1, 0.15) is 10.6 Å². The molecule has 3 rings (SSSR count).